The van der Waals surface area contributed by atoms with Crippen molar-refractivity contribution in [2.24, 2.45) is 11.3 Å². The standard InChI is InChI=1S/C23H29F3O5/c1-15(11-21(2,3)4)8-19(28)30-14-22(13-27)12-17(20(29)31-22)9-16-6-5-7-18(10-16)23(24,25)26/h5-7,9-10,15,27H,8,11-14H2,1-4H3/b17-9+. The fourth-order valence-electron chi connectivity index (χ4n) is 3.72. The Bertz CT molecular complexity index is 838. The predicted octanol–water partition coefficient (Wildman–Crippen LogP) is 4.77. The van der Waals surface area contributed by atoms with Crippen molar-refractivity contribution >= 4 is 18.0 Å². The third-order valence-corrected chi connectivity index (χ3v) is 4.90. The number of hydrogen-bond donors (Lipinski definition) is 1. The fraction of sp³-hybridized carbons (Fsp3) is 0.565. The van der Waals surface area contributed by atoms with Crippen LogP contribution >= 0.6 is 0 Å². The summed E-state index contributed by atoms with van der Waals surface area (Å²) in [6.45, 7) is 7.27. The van der Waals surface area contributed by atoms with Crippen LogP contribution in [0.3, 0.4) is 0 Å². The highest BCUT2D eigenvalue weighted by Gasteiger charge is 2.44. The van der Waals surface area contributed by atoms with Crippen molar-refractivity contribution in [1.82, 2.24) is 0 Å². The summed E-state index contributed by atoms with van der Waals surface area (Å²) in [5.41, 5.74) is -1.92. The van der Waals surface area contributed by atoms with Crippen LogP contribution in [0.25, 0.3) is 6.08 Å². The number of halogens is 3. The van der Waals surface area contributed by atoms with Gasteiger partial charge in [-0.2, -0.15) is 13.2 Å². The molecule has 31 heavy (non-hydrogen) atoms. The number of carbonyl (C=O) groups excluding carboxylic acids is 2. The van der Waals surface area contributed by atoms with Crippen molar-refractivity contribution in [3.8, 4) is 0 Å². The monoisotopic (exact) mass is 442 g/mol. The van der Waals surface area contributed by atoms with Gasteiger partial charge in [0, 0.05) is 18.4 Å². The molecule has 0 amide bonds. The van der Waals surface area contributed by atoms with E-state index in [-0.39, 0.29) is 41.9 Å². The second-order valence-electron chi connectivity index (χ2n) is 9.43. The molecule has 0 aliphatic carbocycles. The van der Waals surface area contributed by atoms with Crippen LogP contribution < -0.4 is 0 Å². The maximum Gasteiger partial charge on any atom is 0.416 e. The van der Waals surface area contributed by atoms with Crippen molar-refractivity contribution in [1.29, 1.82) is 0 Å². The van der Waals surface area contributed by atoms with Gasteiger partial charge in [0.25, 0.3) is 0 Å². The zero-order chi connectivity index (χ0) is 23.4. The van der Waals surface area contributed by atoms with E-state index in [1.807, 2.05) is 6.92 Å². The number of benzene rings is 1. The number of aliphatic hydroxyl groups is 1. The average molecular weight is 442 g/mol. The quantitative estimate of drug-likeness (QED) is 0.486. The molecule has 2 rings (SSSR count). The smallest absolute Gasteiger partial charge is 0.416 e. The van der Waals surface area contributed by atoms with E-state index in [0.717, 1.165) is 18.6 Å². The molecule has 172 valence electrons. The van der Waals surface area contributed by atoms with E-state index in [1.165, 1.54) is 18.2 Å². The highest BCUT2D eigenvalue weighted by Crippen LogP contribution is 2.34. The van der Waals surface area contributed by atoms with E-state index >= 15 is 0 Å². The van der Waals surface area contributed by atoms with E-state index in [4.69, 9.17) is 9.47 Å². The third-order valence-electron chi connectivity index (χ3n) is 4.90. The number of alkyl halides is 3. The van der Waals surface area contributed by atoms with E-state index in [1.54, 1.807) is 0 Å². The first-order chi connectivity index (χ1) is 14.2. The molecule has 1 aromatic rings. The van der Waals surface area contributed by atoms with Crippen LogP contribution in [0, 0.1) is 11.3 Å². The summed E-state index contributed by atoms with van der Waals surface area (Å²) in [6, 6.07) is 4.55. The topological polar surface area (TPSA) is 72.8 Å². The van der Waals surface area contributed by atoms with Gasteiger partial charge in [0.1, 0.15) is 6.61 Å². The molecule has 1 heterocycles. The summed E-state index contributed by atoms with van der Waals surface area (Å²) in [4.78, 5) is 24.4. The van der Waals surface area contributed by atoms with Crippen LogP contribution in [0.15, 0.2) is 29.8 Å². The molecule has 1 N–H and O–H groups in total. The van der Waals surface area contributed by atoms with Gasteiger partial charge < -0.3 is 14.6 Å². The zero-order valence-electron chi connectivity index (χ0n) is 18.2. The minimum absolute atomic E-state index is 0.0656. The Morgan fingerprint density at radius 2 is 2.00 bits per heavy atom. The number of ether oxygens (including phenoxy) is 2. The lowest BCUT2D eigenvalue weighted by Gasteiger charge is -2.25. The van der Waals surface area contributed by atoms with Gasteiger partial charge in [0.15, 0.2) is 5.60 Å². The largest absolute Gasteiger partial charge is 0.461 e. The summed E-state index contributed by atoms with van der Waals surface area (Å²) in [7, 11) is 0. The third kappa shape index (κ3) is 7.38. The van der Waals surface area contributed by atoms with Crippen LogP contribution in [-0.2, 0) is 25.2 Å². The van der Waals surface area contributed by atoms with E-state index in [0.29, 0.717) is 0 Å². The lowest BCUT2D eigenvalue weighted by molar-refractivity contribution is -0.166. The Labute approximate surface area is 180 Å². The minimum Gasteiger partial charge on any atom is -0.461 e. The lowest BCUT2D eigenvalue weighted by atomic mass is 9.84. The van der Waals surface area contributed by atoms with Crippen LogP contribution in [-0.4, -0.2) is 35.9 Å². The Morgan fingerprint density at radius 3 is 2.58 bits per heavy atom. The van der Waals surface area contributed by atoms with Crippen LogP contribution in [0.4, 0.5) is 13.2 Å². The molecular weight excluding hydrogens is 413 g/mol. The molecule has 8 heteroatoms. The molecule has 0 radical (unpaired) electrons. The van der Waals surface area contributed by atoms with E-state index in [2.05, 4.69) is 20.8 Å². The Kier molecular flexibility index (Phi) is 7.57. The number of aliphatic hydroxyl groups excluding tert-OH is 1. The number of rotatable bonds is 7. The van der Waals surface area contributed by atoms with Gasteiger partial charge in [0.2, 0.25) is 0 Å². The summed E-state index contributed by atoms with van der Waals surface area (Å²) in [6.07, 6.45) is -2.27. The number of hydrogen-bond acceptors (Lipinski definition) is 5. The normalized spacial score (nSPS) is 21.8. The predicted molar refractivity (Wildman–Crippen MR) is 109 cm³/mol. The van der Waals surface area contributed by atoms with Gasteiger partial charge in [-0.3, -0.25) is 4.79 Å². The zero-order valence-corrected chi connectivity index (χ0v) is 18.2. The molecule has 1 aliphatic rings. The molecule has 1 aliphatic heterocycles. The molecule has 5 nitrogen and oxygen atoms in total. The van der Waals surface area contributed by atoms with Crippen molar-refractivity contribution in [2.75, 3.05) is 13.2 Å². The summed E-state index contributed by atoms with van der Waals surface area (Å²) >= 11 is 0. The Morgan fingerprint density at radius 1 is 1.32 bits per heavy atom. The highest BCUT2D eigenvalue weighted by molar-refractivity contribution is 5.96. The highest BCUT2D eigenvalue weighted by atomic mass is 19.4. The lowest BCUT2D eigenvalue weighted by Crippen LogP contribution is -2.39. The van der Waals surface area contributed by atoms with Crippen LogP contribution in [0.1, 0.15) is 58.1 Å². The summed E-state index contributed by atoms with van der Waals surface area (Å²) in [5, 5.41) is 9.77. The van der Waals surface area contributed by atoms with E-state index in [9.17, 15) is 27.9 Å². The second kappa shape index (κ2) is 9.42. The molecule has 0 aromatic heterocycles. The van der Waals surface area contributed by atoms with E-state index < -0.39 is 35.9 Å². The summed E-state index contributed by atoms with van der Waals surface area (Å²) < 4.78 is 49.2. The first-order valence-corrected chi connectivity index (χ1v) is 10.1. The molecule has 1 fully saturated rings. The average Bonchev–Trinajstić information content (AvgIpc) is 2.94. The molecule has 0 bridgehead atoms. The first-order valence-electron chi connectivity index (χ1n) is 10.1. The Hall–Kier alpha value is -2.35. The molecule has 2 unspecified atom stereocenters. The number of carbonyl (C=O) groups is 2. The van der Waals surface area contributed by atoms with Crippen molar-refractivity contribution in [3.05, 3.63) is 41.0 Å². The van der Waals surface area contributed by atoms with Gasteiger partial charge in [-0.25, -0.2) is 4.79 Å². The van der Waals surface area contributed by atoms with Crippen LogP contribution in [0.5, 0.6) is 0 Å². The van der Waals surface area contributed by atoms with Gasteiger partial charge >= 0.3 is 18.1 Å². The molecule has 1 saturated heterocycles. The second-order valence-corrected chi connectivity index (χ2v) is 9.43. The molecule has 1 aromatic carbocycles. The van der Waals surface area contributed by atoms with Gasteiger partial charge in [-0.15, -0.1) is 0 Å². The first kappa shape index (κ1) is 24.9. The Balaban J connectivity index is 2.05. The molecular formula is C23H29F3O5. The molecule has 2 atom stereocenters. The van der Waals surface area contributed by atoms with Gasteiger partial charge in [0.05, 0.1) is 12.2 Å². The summed E-state index contributed by atoms with van der Waals surface area (Å²) in [5.74, 6) is -1.13. The van der Waals surface area contributed by atoms with Crippen molar-refractivity contribution < 1.29 is 37.3 Å². The molecule has 0 saturated carbocycles. The fourth-order valence-corrected chi connectivity index (χ4v) is 3.72. The molecule has 0 spiro atoms. The number of esters is 2. The van der Waals surface area contributed by atoms with Crippen molar-refractivity contribution in [2.45, 2.75) is 58.7 Å². The minimum atomic E-state index is -4.50. The SMILES string of the molecule is CC(CC(=O)OCC1(CO)C/C(=C\c2cccc(C(F)(F)F)c2)C(=O)O1)CC(C)(C)C. The maximum absolute atomic E-state index is 12.9. The van der Waals surface area contributed by atoms with Crippen molar-refractivity contribution in [3.63, 3.8) is 0 Å². The van der Waals surface area contributed by atoms with Crippen LogP contribution in [0.2, 0.25) is 0 Å². The number of cyclic esters (lactones) is 1. The van der Waals surface area contributed by atoms with Gasteiger partial charge in [-0.05, 0) is 41.5 Å². The van der Waals surface area contributed by atoms with Gasteiger partial charge in [-0.1, -0.05) is 39.8 Å². The maximum atomic E-state index is 12.9.